The standard InChI is InChI=1S/C23H21N3O3/c27-22(20-10-9-18-7-4-8-19(18)13-20)16-29-23(28)12-11-21-15-26(25-24-21)14-17-5-2-1-3-6-17/h1-3,5-6,9-13,15H,4,7-8,14,16H2/b12-11+. The van der Waals surface area contributed by atoms with Gasteiger partial charge in [0.1, 0.15) is 5.69 Å². The number of hydrogen-bond donors (Lipinski definition) is 0. The number of carbonyl (C=O) groups is 2. The van der Waals surface area contributed by atoms with Crippen LogP contribution in [0.5, 0.6) is 0 Å². The number of aromatic nitrogens is 3. The van der Waals surface area contributed by atoms with Gasteiger partial charge in [0.05, 0.1) is 12.7 Å². The average molecular weight is 387 g/mol. The Hall–Kier alpha value is -3.54. The van der Waals surface area contributed by atoms with Gasteiger partial charge in [0.15, 0.2) is 12.4 Å². The molecule has 0 aliphatic heterocycles. The van der Waals surface area contributed by atoms with Crippen molar-refractivity contribution in [3.05, 3.63) is 88.8 Å². The lowest BCUT2D eigenvalue weighted by Crippen LogP contribution is -2.12. The number of nitrogens with zero attached hydrogens (tertiary/aromatic N) is 3. The zero-order chi connectivity index (χ0) is 20.1. The highest BCUT2D eigenvalue weighted by atomic mass is 16.5. The monoisotopic (exact) mass is 387 g/mol. The zero-order valence-corrected chi connectivity index (χ0v) is 16.0. The Morgan fingerprint density at radius 1 is 1.07 bits per heavy atom. The molecule has 4 rings (SSSR count). The van der Waals surface area contributed by atoms with E-state index in [9.17, 15) is 9.59 Å². The molecule has 1 aliphatic carbocycles. The molecule has 0 atom stereocenters. The Kier molecular flexibility index (Phi) is 5.61. The van der Waals surface area contributed by atoms with Gasteiger partial charge in [-0.1, -0.05) is 47.7 Å². The van der Waals surface area contributed by atoms with E-state index < -0.39 is 5.97 Å². The second kappa shape index (κ2) is 8.65. The van der Waals surface area contributed by atoms with E-state index in [0.29, 0.717) is 17.8 Å². The quantitative estimate of drug-likeness (QED) is 0.353. The lowest BCUT2D eigenvalue weighted by atomic mass is 10.0. The number of rotatable bonds is 7. The first-order valence-electron chi connectivity index (χ1n) is 9.61. The van der Waals surface area contributed by atoms with E-state index in [0.717, 1.165) is 24.8 Å². The molecule has 0 unspecified atom stereocenters. The minimum atomic E-state index is -0.586. The summed E-state index contributed by atoms with van der Waals surface area (Å²) in [5.41, 5.74) is 4.77. The first kappa shape index (κ1) is 18.8. The highest BCUT2D eigenvalue weighted by Crippen LogP contribution is 2.23. The fourth-order valence-corrected chi connectivity index (χ4v) is 3.40. The predicted octanol–water partition coefficient (Wildman–Crippen LogP) is 3.25. The molecule has 0 radical (unpaired) electrons. The van der Waals surface area contributed by atoms with E-state index in [1.165, 1.54) is 23.3 Å². The highest BCUT2D eigenvalue weighted by molar-refractivity contribution is 5.99. The van der Waals surface area contributed by atoms with Crippen molar-refractivity contribution in [1.29, 1.82) is 0 Å². The van der Waals surface area contributed by atoms with Crippen LogP contribution in [0.4, 0.5) is 0 Å². The van der Waals surface area contributed by atoms with Gasteiger partial charge in [-0.3, -0.25) is 4.79 Å². The molecule has 0 fully saturated rings. The van der Waals surface area contributed by atoms with Crippen molar-refractivity contribution >= 4 is 17.8 Å². The molecule has 0 bridgehead atoms. The largest absolute Gasteiger partial charge is 0.454 e. The third-order valence-electron chi connectivity index (χ3n) is 4.90. The van der Waals surface area contributed by atoms with E-state index in [-0.39, 0.29) is 12.4 Å². The second-order valence-electron chi connectivity index (χ2n) is 7.03. The smallest absolute Gasteiger partial charge is 0.331 e. The summed E-state index contributed by atoms with van der Waals surface area (Å²) in [7, 11) is 0. The van der Waals surface area contributed by atoms with Gasteiger partial charge in [0, 0.05) is 11.6 Å². The van der Waals surface area contributed by atoms with Crippen molar-refractivity contribution in [2.75, 3.05) is 6.61 Å². The Morgan fingerprint density at radius 2 is 1.90 bits per heavy atom. The van der Waals surface area contributed by atoms with Gasteiger partial charge in [-0.2, -0.15) is 0 Å². The van der Waals surface area contributed by atoms with Crippen LogP contribution in [0.15, 0.2) is 60.8 Å². The van der Waals surface area contributed by atoms with Crippen LogP contribution in [-0.4, -0.2) is 33.4 Å². The number of benzene rings is 2. The van der Waals surface area contributed by atoms with Crippen molar-refractivity contribution < 1.29 is 14.3 Å². The van der Waals surface area contributed by atoms with Gasteiger partial charge in [-0.25, -0.2) is 9.48 Å². The Labute approximate surface area is 168 Å². The lowest BCUT2D eigenvalue weighted by molar-refractivity contribution is -0.136. The van der Waals surface area contributed by atoms with Gasteiger partial charge < -0.3 is 4.74 Å². The van der Waals surface area contributed by atoms with Gasteiger partial charge >= 0.3 is 5.97 Å². The summed E-state index contributed by atoms with van der Waals surface area (Å²) in [6.45, 7) is 0.323. The fraction of sp³-hybridized carbons (Fsp3) is 0.217. The summed E-state index contributed by atoms with van der Waals surface area (Å²) in [6.07, 6.45) is 7.72. The van der Waals surface area contributed by atoms with Gasteiger partial charge in [0.25, 0.3) is 0 Å². The van der Waals surface area contributed by atoms with Crippen molar-refractivity contribution in [2.45, 2.75) is 25.8 Å². The SMILES string of the molecule is O=C(/C=C/c1cn(Cc2ccccc2)nn1)OCC(=O)c1ccc2c(c1)CCC2. The molecule has 0 N–H and O–H groups in total. The normalized spacial score (nSPS) is 12.8. The van der Waals surface area contributed by atoms with Crippen LogP contribution in [0.1, 0.15) is 39.2 Å². The van der Waals surface area contributed by atoms with Crippen LogP contribution in [0, 0.1) is 0 Å². The van der Waals surface area contributed by atoms with Gasteiger partial charge in [-0.15, -0.1) is 5.10 Å². The van der Waals surface area contributed by atoms with Crippen LogP contribution >= 0.6 is 0 Å². The van der Waals surface area contributed by atoms with E-state index >= 15 is 0 Å². The topological polar surface area (TPSA) is 74.1 Å². The molecule has 1 heterocycles. The summed E-state index contributed by atoms with van der Waals surface area (Å²) in [5.74, 6) is -0.785. The Balaban J connectivity index is 1.28. The van der Waals surface area contributed by atoms with Gasteiger partial charge in [-0.05, 0) is 48.1 Å². The number of fused-ring (bicyclic) bond motifs is 1. The molecule has 29 heavy (non-hydrogen) atoms. The van der Waals surface area contributed by atoms with Crippen LogP contribution in [0.3, 0.4) is 0 Å². The van der Waals surface area contributed by atoms with Crippen molar-refractivity contribution in [3.63, 3.8) is 0 Å². The highest BCUT2D eigenvalue weighted by Gasteiger charge is 2.14. The predicted molar refractivity (Wildman–Crippen MR) is 108 cm³/mol. The minimum absolute atomic E-state index is 0.199. The molecule has 3 aromatic rings. The summed E-state index contributed by atoms with van der Waals surface area (Å²) >= 11 is 0. The molecule has 1 aliphatic rings. The molecule has 6 nitrogen and oxygen atoms in total. The number of carbonyl (C=O) groups excluding carboxylic acids is 2. The van der Waals surface area contributed by atoms with Crippen LogP contribution in [0.2, 0.25) is 0 Å². The Morgan fingerprint density at radius 3 is 2.76 bits per heavy atom. The summed E-state index contributed by atoms with van der Waals surface area (Å²) in [4.78, 5) is 24.2. The van der Waals surface area contributed by atoms with Crippen molar-refractivity contribution in [3.8, 4) is 0 Å². The van der Waals surface area contributed by atoms with Crippen LogP contribution in [0.25, 0.3) is 6.08 Å². The molecule has 2 aromatic carbocycles. The maximum absolute atomic E-state index is 12.3. The molecule has 1 aromatic heterocycles. The van der Waals surface area contributed by atoms with E-state index in [1.807, 2.05) is 42.5 Å². The molecule has 0 spiro atoms. The summed E-state index contributed by atoms with van der Waals surface area (Å²) < 4.78 is 6.76. The van der Waals surface area contributed by atoms with Crippen molar-refractivity contribution in [1.82, 2.24) is 15.0 Å². The van der Waals surface area contributed by atoms with E-state index in [2.05, 4.69) is 10.3 Å². The number of ether oxygens (including phenoxy) is 1. The number of hydrogen-bond acceptors (Lipinski definition) is 5. The molecule has 0 saturated heterocycles. The number of esters is 1. The lowest BCUT2D eigenvalue weighted by Gasteiger charge is -2.04. The average Bonchev–Trinajstić information content (AvgIpc) is 3.40. The maximum atomic E-state index is 12.3. The molecule has 146 valence electrons. The van der Waals surface area contributed by atoms with Crippen LogP contribution in [-0.2, 0) is 28.9 Å². The first-order valence-corrected chi connectivity index (χ1v) is 9.61. The first-order chi connectivity index (χ1) is 14.2. The van der Waals surface area contributed by atoms with E-state index in [1.54, 1.807) is 16.9 Å². The number of aryl methyl sites for hydroxylation is 2. The minimum Gasteiger partial charge on any atom is -0.454 e. The zero-order valence-electron chi connectivity index (χ0n) is 16.0. The second-order valence-corrected chi connectivity index (χ2v) is 7.03. The van der Waals surface area contributed by atoms with Gasteiger partial charge in [0.2, 0.25) is 0 Å². The third-order valence-corrected chi connectivity index (χ3v) is 4.90. The molecule has 0 amide bonds. The third kappa shape index (κ3) is 4.85. The number of Topliss-reactive ketones (excluding diaryl/α,β-unsaturated/α-hetero) is 1. The Bertz CT molecular complexity index is 1050. The fourth-order valence-electron chi connectivity index (χ4n) is 3.40. The molecule has 0 saturated carbocycles. The summed E-state index contributed by atoms with van der Waals surface area (Å²) in [5, 5.41) is 8.05. The molecular weight excluding hydrogens is 366 g/mol. The van der Waals surface area contributed by atoms with Crippen molar-refractivity contribution in [2.24, 2.45) is 0 Å². The molecule has 6 heteroatoms. The van der Waals surface area contributed by atoms with E-state index in [4.69, 9.17) is 4.74 Å². The molecular formula is C23H21N3O3. The maximum Gasteiger partial charge on any atom is 0.331 e. The summed E-state index contributed by atoms with van der Waals surface area (Å²) in [6, 6.07) is 15.6. The van der Waals surface area contributed by atoms with Crippen LogP contribution < -0.4 is 0 Å². The number of ketones is 1.